The number of hydrogen-bond acceptors (Lipinski definition) is 2. The minimum atomic E-state index is 0. The van der Waals surface area contributed by atoms with Crippen molar-refractivity contribution in [1.29, 1.82) is 0 Å². The third kappa shape index (κ3) is 17.6. The van der Waals surface area contributed by atoms with Crippen LogP contribution in [0.3, 0.4) is 0 Å². The minimum absolute atomic E-state index is 0. The molecule has 9 heavy (non-hydrogen) atoms. The van der Waals surface area contributed by atoms with Gasteiger partial charge in [0, 0.05) is 25.0 Å². The standard InChI is InChI=1S/C4H11BrN2.2ClH/c5-1-3-7-4-2-6;;/h7H,1-4,6H2;2*1H. The van der Waals surface area contributed by atoms with E-state index in [1.807, 2.05) is 0 Å². The first-order valence-corrected chi connectivity index (χ1v) is 3.50. The maximum absolute atomic E-state index is 5.19. The summed E-state index contributed by atoms with van der Waals surface area (Å²) < 4.78 is 0. The molecule has 0 spiro atoms. The summed E-state index contributed by atoms with van der Waals surface area (Å²) in [6.45, 7) is 2.66. The number of halogens is 3. The lowest BCUT2D eigenvalue weighted by molar-refractivity contribution is 0.731. The number of nitrogens with one attached hydrogen (secondary N) is 1. The minimum Gasteiger partial charge on any atom is -0.329 e. The SMILES string of the molecule is Cl.Cl.NCCNCCBr. The van der Waals surface area contributed by atoms with Crippen molar-refractivity contribution in [2.45, 2.75) is 0 Å². The van der Waals surface area contributed by atoms with Crippen LogP contribution in [0.1, 0.15) is 0 Å². The first-order valence-electron chi connectivity index (χ1n) is 2.38. The molecule has 0 rings (SSSR count). The summed E-state index contributed by atoms with van der Waals surface area (Å²) in [5.41, 5.74) is 5.19. The third-order valence-corrected chi connectivity index (χ3v) is 0.989. The van der Waals surface area contributed by atoms with Crippen molar-refractivity contribution in [1.82, 2.24) is 5.32 Å². The van der Waals surface area contributed by atoms with Crippen LogP contribution in [-0.4, -0.2) is 25.0 Å². The largest absolute Gasteiger partial charge is 0.329 e. The topological polar surface area (TPSA) is 38.0 Å². The van der Waals surface area contributed by atoms with Crippen LogP contribution in [-0.2, 0) is 0 Å². The maximum Gasteiger partial charge on any atom is 0.0157 e. The average Bonchev–Trinajstić information content (AvgIpc) is 1.69. The van der Waals surface area contributed by atoms with Crippen LogP contribution in [0.15, 0.2) is 0 Å². The van der Waals surface area contributed by atoms with Crippen molar-refractivity contribution >= 4 is 40.7 Å². The first-order chi connectivity index (χ1) is 3.41. The molecular formula is C4H13BrCl2N2. The van der Waals surface area contributed by atoms with E-state index < -0.39 is 0 Å². The first kappa shape index (κ1) is 16.5. The van der Waals surface area contributed by atoms with E-state index in [-0.39, 0.29) is 24.8 Å². The van der Waals surface area contributed by atoms with Gasteiger partial charge in [0.15, 0.2) is 0 Å². The Morgan fingerprint density at radius 3 is 2.11 bits per heavy atom. The van der Waals surface area contributed by atoms with Crippen LogP contribution in [0.2, 0.25) is 0 Å². The van der Waals surface area contributed by atoms with Crippen molar-refractivity contribution in [3.63, 3.8) is 0 Å². The molecular weight excluding hydrogens is 227 g/mol. The third-order valence-electron chi connectivity index (χ3n) is 0.592. The van der Waals surface area contributed by atoms with Gasteiger partial charge in [0.2, 0.25) is 0 Å². The lowest BCUT2D eigenvalue weighted by Gasteiger charge is -1.95. The lowest BCUT2D eigenvalue weighted by Crippen LogP contribution is -2.23. The van der Waals surface area contributed by atoms with Crippen LogP contribution < -0.4 is 11.1 Å². The molecule has 0 aliphatic heterocycles. The van der Waals surface area contributed by atoms with E-state index in [0.29, 0.717) is 0 Å². The molecule has 0 unspecified atom stereocenters. The zero-order chi connectivity index (χ0) is 5.54. The Morgan fingerprint density at radius 2 is 1.78 bits per heavy atom. The molecule has 60 valence electrons. The van der Waals surface area contributed by atoms with Gasteiger partial charge < -0.3 is 11.1 Å². The molecule has 0 saturated carbocycles. The van der Waals surface area contributed by atoms with Crippen molar-refractivity contribution in [2.75, 3.05) is 25.0 Å². The van der Waals surface area contributed by atoms with E-state index in [2.05, 4.69) is 21.2 Å². The van der Waals surface area contributed by atoms with Crippen LogP contribution in [0.4, 0.5) is 0 Å². The smallest absolute Gasteiger partial charge is 0.0157 e. The van der Waals surface area contributed by atoms with Crippen molar-refractivity contribution in [3.8, 4) is 0 Å². The fourth-order valence-corrected chi connectivity index (χ4v) is 0.574. The highest BCUT2D eigenvalue weighted by Gasteiger charge is 1.77. The molecule has 0 fully saturated rings. The van der Waals surface area contributed by atoms with Crippen LogP contribution in [0, 0.1) is 0 Å². The van der Waals surface area contributed by atoms with E-state index in [9.17, 15) is 0 Å². The second kappa shape index (κ2) is 16.0. The lowest BCUT2D eigenvalue weighted by atomic mass is 10.6. The Morgan fingerprint density at radius 1 is 1.22 bits per heavy atom. The predicted octanol–water partition coefficient (Wildman–Crippen LogP) is 0.773. The fraction of sp³-hybridized carbons (Fsp3) is 1.00. The van der Waals surface area contributed by atoms with Gasteiger partial charge in [-0.2, -0.15) is 0 Å². The maximum atomic E-state index is 5.19. The highest BCUT2D eigenvalue weighted by molar-refractivity contribution is 9.09. The summed E-state index contributed by atoms with van der Waals surface area (Å²) >= 11 is 3.28. The summed E-state index contributed by atoms with van der Waals surface area (Å²) in [6, 6.07) is 0. The monoisotopic (exact) mass is 238 g/mol. The zero-order valence-corrected chi connectivity index (χ0v) is 8.32. The second-order valence-corrected chi connectivity index (χ2v) is 2.02. The Kier molecular flexibility index (Phi) is 29.4. The van der Waals surface area contributed by atoms with Crippen LogP contribution >= 0.6 is 40.7 Å². The summed E-state index contributed by atoms with van der Waals surface area (Å²) in [5.74, 6) is 0. The van der Waals surface area contributed by atoms with Crippen molar-refractivity contribution in [3.05, 3.63) is 0 Å². The summed E-state index contributed by atoms with van der Waals surface area (Å²) in [7, 11) is 0. The van der Waals surface area contributed by atoms with Gasteiger partial charge in [-0.1, -0.05) is 15.9 Å². The van der Waals surface area contributed by atoms with Gasteiger partial charge in [0.25, 0.3) is 0 Å². The van der Waals surface area contributed by atoms with Gasteiger partial charge in [-0.3, -0.25) is 0 Å². The molecule has 0 bridgehead atoms. The van der Waals surface area contributed by atoms with Gasteiger partial charge in [-0.25, -0.2) is 0 Å². The Bertz CT molecular complexity index is 35.7. The number of rotatable bonds is 4. The Balaban J connectivity index is -0.000000180. The van der Waals surface area contributed by atoms with Gasteiger partial charge in [-0.15, -0.1) is 24.8 Å². The number of alkyl halides is 1. The molecule has 0 heterocycles. The second-order valence-electron chi connectivity index (χ2n) is 1.23. The van der Waals surface area contributed by atoms with Crippen LogP contribution in [0.25, 0.3) is 0 Å². The zero-order valence-electron chi connectivity index (χ0n) is 5.10. The molecule has 0 aromatic carbocycles. The van der Waals surface area contributed by atoms with Crippen molar-refractivity contribution in [2.24, 2.45) is 5.73 Å². The summed E-state index contributed by atoms with van der Waals surface area (Å²) in [6.07, 6.45) is 0. The molecule has 5 heteroatoms. The Hall–Kier alpha value is 0.980. The molecule has 0 amide bonds. The van der Waals surface area contributed by atoms with E-state index >= 15 is 0 Å². The highest BCUT2D eigenvalue weighted by Crippen LogP contribution is 1.72. The average molecular weight is 240 g/mol. The molecule has 0 aliphatic carbocycles. The van der Waals surface area contributed by atoms with Gasteiger partial charge in [-0.05, 0) is 0 Å². The summed E-state index contributed by atoms with van der Waals surface area (Å²) in [4.78, 5) is 0. The van der Waals surface area contributed by atoms with Gasteiger partial charge in [0.05, 0.1) is 0 Å². The number of hydrogen-bond donors (Lipinski definition) is 2. The van der Waals surface area contributed by atoms with E-state index in [1.165, 1.54) is 0 Å². The van der Waals surface area contributed by atoms with E-state index in [1.54, 1.807) is 0 Å². The van der Waals surface area contributed by atoms with E-state index in [4.69, 9.17) is 5.73 Å². The molecule has 2 nitrogen and oxygen atoms in total. The fourth-order valence-electron chi connectivity index (χ4n) is 0.294. The highest BCUT2D eigenvalue weighted by atomic mass is 79.9. The quantitative estimate of drug-likeness (QED) is 0.562. The van der Waals surface area contributed by atoms with Crippen LogP contribution in [0.5, 0.6) is 0 Å². The molecule has 0 atom stereocenters. The molecule has 0 aliphatic rings. The number of nitrogens with two attached hydrogens (primary N) is 1. The van der Waals surface area contributed by atoms with E-state index in [0.717, 1.165) is 25.0 Å². The van der Waals surface area contributed by atoms with Crippen molar-refractivity contribution < 1.29 is 0 Å². The molecule has 3 N–H and O–H groups in total. The molecule has 0 aromatic rings. The molecule has 0 aromatic heterocycles. The molecule has 0 saturated heterocycles. The summed E-state index contributed by atoms with van der Waals surface area (Å²) in [5, 5.41) is 4.12. The predicted molar refractivity (Wildman–Crippen MR) is 50.2 cm³/mol. The molecule has 0 radical (unpaired) electrons. The van der Waals surface area contributed by atoms with Gasteiger partial charge >= 0.3 is 0 Å². The van der Waals surface area contributed by atoms with Gasteiger partial charge in [0.1, 0.15) is 0 Å². The normalized spacial score (nSPS) is 7.33. The Labute approximate surface area is 76.9 Å².